The standard InChI is InChI=1S/C26H30FN5/c1-2-20-3-5-21(6-4-20)18-30-12-11-25-22(19-30)17-28-26(29-25)32-15-13-31(14-16-32)24-9-7-23(27)8-10-24/h3-10,17H,2,11-16,18-19H2,1H3. The Hall–Kier alpha value is -2.99. The van der Waals surface area contributed by atoms with E-state index < -0.39 is 0 Å². The zero-order valence-corrected chi connectivity index (χ0v) is 18.7. The molecule has 0 spiro atoms. The third kappa shape index (κ3) is 4.60. The first-order valence-electron chi connectivity index (χ1n) is 11.6. The van der Waals surface area contributed by atoms with Crippen molar-refractivity contribution in [2.45, 2.75) is 32.9 Å². The number of aromatic nitrogens is 2. The van der Waals surface area contributed by atoms with E-state index in [4.69, 9.17) is 9.97 Å². The highest BCUT2D eigenvalue weighted by Gasteiger charge is 2.23. The highest BCUT2D eigenvalue weighted by molar-refractivity contribution is 5.48. The van der Waals surface area contributed by atoms with Gasteiger partial charge in [0.05, 0.1) is 5.69 Å². The van der Waals surface area contributed by atoms with Crippen molar-refractivity contribution in [3.63, 3.8) is 0 Å². The van der Waals surface area contributed by atoms with Crippen LogP contribution < -0.4 is 9.80 Å². The van der Waals surface area contributed by atoms with Crippen LogP contribution in [0.25, 0.3) is 0 Å². The molecule has 2 aliphatic heterocycles. The largest absolute Gasteiger partial charge is 0.368 e. The van der Waals surface area contributed by atoms with E-state index in [1.807, 2.05) is 18.3 Å². The molecular formula is C26H30FN5. The molecule has 1 fully saturated rings. The fraction of sp³-hybridized carbons (Fsp3) is 0.385. The van der Waals surface area contributed by atoms with Gasteiger partial charge in [0.2, 0.25) is 5.95 Å². The van der Waals surface area contributed by atoms with Crippen LogP contribution >= 0.6 is 0 Å². The van der Waals surface area contributed by atoms with Crippen molar-refractivity contribution in [3.05, 3.63) is 82.9 Å². The van der Waals surface area contributed by atoms with Crippen LogP contribution in [0.3, 0.4) is 0 Å². The summed E-state index contributed by atoms with van der Waals surface area (Å²) in [6, 6.07) is 15.7. The summed E-state index contributed by atoms with van der Waals surface area (Å²) in [6.07, 6.45) is 4.07. The molecule has 6 heteroatoms. The number of aryl methyl sites for hydroxylation is 1. The molecule has 1 aromatic heterocycles. The molecule has 0 aliphatic carbocycles. The van der Waals surface area contributed by atoms with Gasteiger partial charge in [-0.3, -0.25) is 4.90 Å². The van der Waals surface area contributed by atoms with Crippen LogP contribution in [-0.4, -0.2) is 47.6 Å². The number of rotatable bonds is 5. The van der Waals surface area contributed by atoms with Gasteiger partial charge in [-0.15, -0.1) is 0 Å². The SMILES string of the molecule is CCc1ccc(CN2CCc3nc(N4CCN(c5ccc(F)cc5)CC4)ncc3C2)cc1. The van der Waals surface area contributed by atoms with Crippen molar-refractivity contribution in [1.29, 1.82) is 0 Å². The average Bonchev–Trinajstić information content (AvgIpc) is 2.85. The molecule has 0 amide bonds. The Morgan fingerprint density at radius 1 is 0.844 bits per heavy atom. The molecule has 0 radical (unpaired) electrons. The predicted octanol–water partition coefficient (Wildman–Crippen LogP) is 4.06. The van der Waals surface area contributed by atoms with Crippen molar-refractivity contribution in [1.82, 2.24) is 14.9 Å². The number of halogens is 1. The van der Waals surface area contributed by atoms with Gasteiger partial charge in [-0.1, -0.05) is 31.2 Å². The van der Waals surface area contributed by atoms with Crippen molar-refractivity contribution in [2.75, 3.05) is 42.5 Å². The molecule has 0 N–H and O–H groups in total. The smallest absolute Gasteiger partial charge is 0.225 e. The molecule has 0 atom stereocenters. The van der Waals surface area contributed by atoms with Gasteiger partial charge in [-0.25, -0.2) is 14.4 Å². The summed E-state index contributed by atoms with van der Waals surface area (Å²) in [5.74, 6) is 0.647. The molecule has 5 rings (SSSR count). The zero-order chi connectivity index (χ0) is 21.9. The summed E-state index contributed by atoms with van der Waals surface area (Å²) in [4.78, 5) is 16.7. The fourth-order valence-corrected chi connectivity index (χ4v) is 4.61. The summed E-state index contributed by atoms with van der Waals surface area (Å²) in [7, 11) is 0. The molecule has 0 bridgehead atoms. The first kappa shape index (κ1) is 20.9. The Bertz CT molecular complexity index is 1040. The molecule has 0 saturated carbocycles. The predicted molar refractivity (Wildman–Crippen MR) is 126 cm³/mol. The highest BCUT2D eigenvalue weighted by atomic mass is 19.1. The Kier molecular flexibility index (Phi) is 6.04. The Morgan fingerprint density at radius 3 is 2.25 bits per heavy atom. The first-order chi connectivity index (χ1) is 15.7. The van der Waals surface area contributed by atoms with Crippen molar-refractivity contribution >= 4 is 11.6 Å². The second kappa shape index (κ2) is 9.25. The maximum absolute atomic E-state index is 13.2. The van der Waals surface area contributed by atoms with E-state index in [9.17, 15) is 4.39 Å². The van der Waals surface area contributed by atoms with Crippen LogP contribution in [0, 0.1) is 5.82 Å². The van der Waals surface area contributed by atoms with Crippen LogP contribution in [0.1, 0.15) is 29.3 Å². The molecule has 32 heavy (non-hydrogen) atoms. The van der Waals surface area contributed by atoms with Gasteiger partial charge in [-0.2, -0.15) is 0 Å². The lowest BCUT2D eigenvalue weighted by atomic mass is 10.1. The highest BCUT2D eigenvalue weighted by Crippen LogP contribution is 2.23. The van der Waals surface area contributed by atoms with E-state index in [2.05, 4.69) is 45.9 Å². The van der Waals surface area contributed by atoms with E-state index in [1.54, 1.807) is 0 Å². The van der Waals surface area contributed by atoms with Gasteiger partial charge in [-0.05, 0) is 41.8 Å². The van der Waals surface area contributed by atoms with Crippen LogP contribution in [0.5, 0.6) is 0 Å². The normalized spacial score (nSPS) is 16.8. The Labute approximate surface area is 189 Å². The summed E-state index contributed by atoms with van der Waals surface area (Å²) in [6.45, 7) is 8.60. The van der Waals surface area contributed by atoms with Gasteiger partial charge < -0.3 is 9.80 Å². The summed E-state index contributed by atoms with van der Waals surface area (Å²) < 4.78 is 13.2. The molecule has 3 heterocycles. The third-order valence-electron chi connectivity index (χ3n) is 6.59. The summed E-state index contributed by atoms with van der Waals surface area (Å²) >= 11 is 0. The number of hydrogen-bond donors (Lipinski definition) is 0. The number of benzene rings is 2. The molecule has 3 aromatic rings. The van der Waals surface area contributed by atoms with E-state index in [0.717, 1.165) is 70.3 Å². The minimum atomic E-state index is -0.192. The molecule has 2 aromatic carbocycles. The van der Waals surface area contributed by atoms with Gasteiger partial charge in [0.1, 0.15) is 5.82 Å². The molecule has 0 unspecified atom stereocenters. The van der Waals surface area contributed by atoms with Crippen LogP contribution in [-0.2, 0) is 25.9 Å². The zero-order valence-electron chi connectivity index (χ0n) is 18.7. The van der Waals surface area contributed by atoms with Crippen molar-refractivity contribution in [3.8, 4) is 0 Å². The maximum Gasteiger partial charge on any atom is 0.225 e. The van der Waals surface area contributed by atoms with Crippen LogP contribution in [0.15, 0.2) is 54.7 Å². The number of anilines is 2. The third-order valence-corrected chi connectivity index (χ3v) is 6.59. The van der Waals surface area contributed by atoms with Gasteiger partial charge >= 0.3 is 0 Å². The molecule has 166 valence electrons. The Balaban J connectivity index is 1.19. The molecular weight excluding hydrogens is 401 g/mol. The first-order valence-corrected chi connectivity index (χ1v) is 11.6. The van der Waals surface area contributed by atoms with Gasteiger partial charge in [0, 0.05) is 69.7 Å². The van der Waals surface area contributed by atoms with Gasteiger partial charge in [0.15, 0.2) is 0 Å². The minimum Gasteiger partial charge on any atom is -0.368 e. The lowest BCUT2D eigenvalue weighted by Crippen LogP contribution is -2.47. The van der Waals surface area contributed by atoms with E-state index in [1.165, 1.54) is 34.5 Å². The van der Waals surface area contributed by atoms with Crippen LogP contribution in [0.2, 0.25) is 0 Å². The van der Waals surface area contributed by atoms with Crippen molar-refractivity contribution in [2.24, 2.45) is 0 Å². The number of fused-ring (bicyclic) bond motifs is 1. The lowest BCUT2D eigenvalue weighted by Gasteiger charge is -2.36. The second-order valence-electron chi connectivity index (χ2n) is 8.72. The van der Waals surface area contributed by atoms with E-state index in [0.29, 0.717) is 0 Å². The maximum atomic E-state index is 13.2. The molecule has 2 aliphatic rings. The number of piperazine rings is 1. The minimum absolute atomic E-state index is 0.192. The number of hydrogen-bond acceptors (Lipinski definition) is 5. The number of nitrogens with zero attached hydrogens (tertiary/aromatic N) is 5. The summed E-state index contributed by atoms with van der Waals surface area (Å²) in [5, 5.41) is 0. The van der Waals surface area contributed by atoms with E-state index >= 15 is 0 Å². The topological polar surface area (TPSA) is 35.5 Å². The monoisotopic (exact) mass is 431 g/mol. The molecule has 1 saturated heterocycles. The fourth-order valence-electron chi connectivity index (χ4n) is 4.61. The summed E-state index contributed by atoms with van der Waals surface area (Å²) in [5.41, 5.74) is 6.25. The quantitative estimate of drug-likeness (QED) is 0.609. The second-order valence-corrected chi connectivity index (χ2v) is 8.72. The van der Waals surface area contributed by atoms with Crippen molar-refractivity contribution < 1.29 is 4.39 Å². The molecule has 5 nitrogen and oxygen atoms in total. The average molecular weight is 432 g/mol. The van der Waals surface area contributed by atoms with Gasteiger partial charge in [0.25, 0.3) is 0 Å². The van der Waals surface area contributed by atoms with E-state index in [-0.39, 0.29) is 5.82 Å². The Morgan fingerprint density at radius 2 is 1.53 bits per heavy atom. The van der Waals surface area contributed by atoms with Crippen LogP contribution in [0.4, 0.5) is 16.0 Å². The lowest BCUT2D eigenvalue weighted by molar-refractivity contribution is 0.243.